The molecule has 25 heavy (non-hydrogen) atoms. The first-order valence-electron chi connectivity index (χ1n) is 9.58. The van der Waals surface area contributed by atoms with Crippen molar-refractivity contribution in [3.05, 3.63) is 29.3 Å². The summed E-state index contributed by atoms with van der Waals surface area (Å²) < 4.78 is 5.58. The van der Waals surface area contributed by atoms with Gasteiger partial charge in [-0.2, -0.15) is 0 Å². The lowest BCUT2D eigenvalue weighted by Gasteiger charge is -2.37. The fourth-order valence-electron chi connectivity index (χ4n) is 3.70. The largest absolute Gasteiger partial charge is 0.493 e. The molecule has 0 amide bonds. The van der Waals surface area contributed by atoms with Crippen LogP contribution in [0.4, 0.5) is 0 Å². The second kappa shape index (κ2) is 8.56. The van der Waals surface area contributed by atoms with E-state index in [4.69, 9.17) is 4.74 Å². The zero-order chi connectivity index (χ0) is 17.6. The van der Waals surface area contributed by atoms with Gasteiger partial charge in [-0.3, -0.25) is 9.89 Å². The fraction of sp³-hybridized carbons (Fsp3) is 0.650. The van der Waals surface area contributed by atoms with Crippen molar-refractivity contribution >= 4 is 5.96 Å². The third kappa shape index (κ3) is 4.88. The number of ether oxygens (including phenoxy) is 1. The van der Waals surface area contributed by atoms with Gasteiger partial charge in [-0.1, -0.05) is 26.0 Å². The van der Waals surface area contributed by atoms with E-state index in [-0.39, 0.29) is 0 Å². The Hall–Kier alpha value is -1.75. The maximum absolute atomic E-state index is 5.58. The second-order valence-corrected chi connectivity index (χ2v) is 7.45. The van der Waals surface area contributed by atoms with Crippen molar-refractivity contribution in [3.8, 4) is 5.75 Å². The molecule has 138 valence electrons. The summed E-state index contributed by atoms with van der Waals surface area (Å²) in [5, 5.41) is 3.54. The fourth-order valence-corrected chi connectivity index (χ4v) is 3.70. The van der Waals surface area contributed by atoms with Gasteiger partial charge in [0.25, 0.3) is 0 Å². The van der Waals surface area contributed by atoms with Crippen LogP contribution in [-0.2, 0) is 12.8 Å². The van der Waals surface area contributed by atoms with Crippen LogP contribution in [0.3, 0.4) is 0 Å². The van der Waals surface area contributed by atoms with Crippen LogP contribution in [0.5, 0.6) is 5.75 Å². The Bertz CT molecular complexity index is 591. The lowest BCUT2D eigenvalue weighted by Crippen LogP contribution is -2.53. The average molecular weight is 345 g/mol. The molecule has 1 saturated heterocycles. The van der Waals surface area contributed by atoms with Gasteiger partial charge in [0.1, 0.15) is 5.75 Å². The molecule has 0 unspecified atom stereocenters. The van der Waals surface area contributed by atoms with Crippen LogP contribution in [0.2, 0.25) is 0 Å². The lowest BCUT2D eigenvalue weighted by atomic mass is 10.1. The summed E-state index contributed by atoms with van der Waals surface area (Å²) in [4.78, 5) is 9.42. The smallest absolute Gasteiger partial charge is 0.193 e. The lowest BCUT2D eigenvalue weighted by molar-refractivity contribution is 0.164. The molecule has 0 atom stereocenters. The first-order chi connectivity index (χ1) is 12.2. The minimum absolute atomic E-state index is 0.738. The van der Waals surface area contributed by atoms with Crippen LogP contribution in [0.1, 0.15) is 25.0 Å². The van der Waals surface area contributed by atoms with Crippen molar-refractivity contribution < 1.29 is 4.74 Å². The van der Waals surface area contributed by atoms with Crippen LogP contribution in [0.25, 0.3) is 0 Å². The number of nitrogens with one attached hydrogen (secondary N) is 1. The van der Waals surface area contributed by atoms with E-state index in [0.717, 1.165) is 69.8 Å². The molecule has 1 aromatic carbocycles. The Kier molecular flexibility index (Phi) is 6.19. The summed E-state index contributed by atoms with van der Waals surface area (Å²) in [6, 6.07) is 6.58. The van der Waals surface area contributed by atoms with Crippen molar-refractivity contribution in [1.82, 2.24) is 15.1 Å². The molecule has 1 aromatic rings. The van der Waals surface area contributed by atoms with Crippen LogP contribution in [0, 0.1) is 5.92 Å². The minimum atomic E-state index is 0.738. The summed E-state index contributed by atoms with van der Waals surface area (Å²) in [5.41, 5.74) is 2.72. The number of hydrogen-bond donors (Lipinski definition) is 1. The maximum atomic E-state index is 5.58. The number of piperazine rings is 1. The van der Waals surface area contributed by atoms with Crippen LogP contribution in [-0.4, -0.2) is 68.7 Å². The Morgan fingerprint density at radius 1 is 1.24 bits per heavy atom. The van der Waals surface area contributed by atoms with E-state index in [1.165, 1.54) is 17.7 Å². The third-order valence-electron chi connectivity index (χ3n) is 4.96. The van der Waals surface area contributed by atoms with Crippen LogP contribution >= 0.6 is 0 Å². The van der Waals surface area contributed by atoms with Crippen LogP contribution < -0.4 is 10.1 Å². The molecule has 1 fully saturated rings. The molecule has 1 N–H and O–H groups in total. The second-order valence-electron chi connectivity index (χ2n) is 7.45. The number of nitrogens with zero attached hydrogens (tertiary/aromatic N) is 3. The van der Waals surface area contributed by atoms with Crippen molar-refractivity contribution in [2.75, 3.05) is 52.9 Å². The van der Waals surface area contributed by atoms with Gasteiger partial charge >= 0.3 is 0 Å². The number of aliphatic imine (C=N–C) groups is 1. The highest BCUT2D eigenvalue weighted by Gasteiger charge is 2.19. The summed E-state index contributed by atoms with van der Waals surface area (Å²) in [7, 11) is 1.88. The molecule has 5 nitrogen and oxygen atoms in total. The molecule has 3 rings (SSSR count). The van der Waals surface area contributed by atoms with Crippen molar-refractivity contribution in [3.63, 3.8) is 0 Å². The SMILES string of the molecule is CN=C(NCCc1ccc2c(c1)CCO2)N1CCN(CC(C)C)CC1. The van der Waals surface area contributed by atoms with Crippen molar-refractivity contribution in [2.45, 2.75) is 26.7 Å². The predicted octanol–water partition coefficient (Wildman–Crippen LogP) is 2.01. The molecule has 0 radical (unpaired) electrons. The van der Waals surface area contributed by atoms with Gasteiger partial charge in [-0.15, -0.1) is 0 Å². The van der Waals surface area contributed by atoms with Gasteiger partial charge in [0.15, 0.2) is 5.96 Å². The number of hydrogen-bond acceptors (Lipinski definition) is 3. The van der Waals surface area contributed by atoms with Crippen molar-refractivity contribution in [1.29, 1.82) is 0 Å². The average Bonchev–Trinajstić information content (AvgIpc) is 3.07. The molecular weight excluding hydrogens is 312 g/mol. The number of guanidine groups is 1. The number of fused-ring (bicyclic) bond motifs is 1. The van der Waals surface area contributed by atoms with Gasteiger partial charge in [0.05, 0.1) is 6.61 Å². The topological polar surface area (TPSA) is 40.1 Å². The molecule has 0 aliphatic carbocycles. The Morgan fingerprint density at radius 3 is 2.76 bits per heavy atom. The molecule has 2 aliphatic rings. The van der Waals surface area contributed by atoms with Gasteiger partial charge in [0.2, 0.25) is 0 Å². The highest BCUT2D eigenvalue weighted by Crippen LogP contribution is 2.25. The highest BCUT2D eigenvalue weighted by molar-refractivity contribution is 5.80. The minimum Gasteiger partial charge on any atom is -0.493 e. The van der Waals surface area contributed by atoms with Gasteiger partial charge < -0.3 is 15.0 Å². The Morgan fingerprint density at radius 2 is 2.04 bits per heavy atom. The molecule has 2 heterocycles. The molecule has 0 saturated carbocycles. The molecule has 0 bridgehead atoms. The van der Waals surface area contributed by atoms with Gasteiger partial charge in [-0.05, 0) is 29.5 Å². The predicted molar refractivity (Wildman–Crippen MR) is 104 cm³/mol. The first kappa shape index (κ1) is 18.1. The summed E-state index contributed by atoms with van der Waals surface area (Å²) in [6.07, 6.45) is 2.05. The quantitative estimate of drug-likeness (QED) is 0.655. The summed E-state index contributed by atoms with van der Waals surface area (Å²) >= 11 is 0. The van der Waals surface area contributed by atoms with Gasteiger partial charge in [-0.25, -0.2) is 0 Å². The van der Waals surface area contributed by atoms with Crippen LogP contribution in [0.15, 0.2) is 23.2 Å². The third-order valence-corrected chi connectivity index (χ3v) is 4.96. The van der Waals surface area contributed by atoms with E-state index in [1.54, 1.807) is 0 Å². The van der Waals surface area contributed by atoms with E-state index in [9.17, 15) is 0 Å². The van der Waals surface area contributed by atoms with E-state index < -0.39 is 0 Å². The Balaban J connectivity index is 1.44. The summed E-state index contributed by atoms with van der Waals surface area (Å²) in [5.74, 6) is 2.84. The van der Waals surface area contributed by atoms with E-state index in [2.05, 4.69) is 52.2 Å². The summed E-state index contributed by atoms with van der Waals surface area (Å²) in [6.45, 7) is 11.9. The maximum Gasteiger partial charge on any atom is 0.193 e. The molecule has 2 aliphatic heterocycles. The molecular formula is C20H32N4O. The Labute approximate surface area is 152 Å². The van der Waals surface area contributed by atoms with Gasteiger partial charge in [0, 0.05) is 52.7 Å². The molecule has 5 heteroatoms. The van der Waals surface area contributed by atoms with E-state index in [0.29, 0.717) is 0 Å². The van der Waals surface area contributed by atoms with Crippen molar-refractivity contribution in [2.24, 2.45) is 10.9 Å². The monoisotopic (exact) mass is 344 g/mol. The highest BCUT2D eigenvalue weighted by atomic mass is 16.5. The zero-order valence-electron chi connectivity index (χ0n) is 15.9. The molecule has 0 spiro atoms. The van der Waals surface area contributed by atoms with E-state index in [1.807, 2.05) is 7.05 Å². The zero-order valence-corrected chi connectivity index (χ0v) is 15.9. The standard InChI is InChI=1S/C20H32N4O/c1-16(2)15-23-9-11-24(12-10-23)20(21-3)22-8-6-17-4-5-19-18(14-17)7-13-25-19/h4-5,14,16H,6-13,15H2,1-3H3,(H,21,22). The first-order valence-corrected chi connectivity index (χ1v) is 9.58. The number of benzene rings is 1. The van der Waals surface area contributed by atoms with E-state index >= 15 is 0 Å². The molecule has 0 aromatic heterocycles. The normalized spacial score (nSPS) is 18.4. The number of rotatable bonds is 5.